The van der Waals surface area contributed by atoms with Crippen molar-refractivity contribution in [1.29, 1.82) is 0 Å². The predicted octanol–water partition coefficient (Wildman–Crippen LogP) is 30.4. The van der Waals surface area contributed by atoms with Gasteiger partial charge in [0.2, 0.25) is 0 Å². The number of aromatic nitrogens is 2. The number of rotatable bonds is 9. The van der Waals surface area contributed by atoms with Crippen LogP contribution in [0, 0.1) is 0 Å². The van der Waals surface area contributed by atoms with Gasteiger partial charge in [0.05, 0.1) is 33.4 Å². The highest BCUT2D eigenvalue weighted by molar-refractivity contribution is 7.00. The van der Waals surface area contributed by atoms with E-state index in [1.165, 1.54) is 159 Å². The third-order valence-corrected chi connectivity index (χ3v) is 26.9. The first-order valence-corrected chi connectivity index (χ1v) is 43.6. The van der Waals surface area contributed by atoms with E-state index < -0.39 is 0 Å². The highest BCUT2D eigenvalue weighted by Crippen LogP contribution is 2.58. The number of benzene rings is 17. The van der Waals surface area contributed by atoms with E-state index in [1.54, 1.807) is 0 Å². The first kappa shape index (κ1) is 75.8. The fourth-order valence-electron chi connectivity index (χ4n) is 20.3. The van der Waals surface area contributed by atoms with Gasteiger partial charge in [0.25, 0.3) is 6.71 Å². The molecule has 592 valence electrons. The maximum atomic E-state index is 2.80. The van der Waals surface area contributed by atoms with Crippen LogP contribution in [0.1, 0.15) is 158 Å². The highest BCUT2D eigenvalue weighted by Gasteiger charge is 2.47. The molecular weight excluding hydrogens is 1460 g/mol. The van der Waals surface area contributed by atoms with Crippen LogP contribution < -0.4 is 26.2 Å². The summed E-state index contributed by atoms with van der Waals surface area (Å²) >= 11 is 0. The third kappa shape index (κ3) is 12.1. The van der Waals surface area contributed by atoms with Crippen LogP contribution in [0.2, 0.25) is 0 Å². The molecule has 5 heteroatoms. The summed E-state index contributed by atoms with van der Waals surface area (Å²) in [4.78, 5) is 5.58. The zero-order valence-electron chi connectivity index (χ0n) is 73.3. The van der Waals surface area contributed by atoms with Crippen molar-refractivity contribution in [3.63, 3.8) is 0 Å². The van der Waals surface area contributed by atoms with Gasteiger partial charge in [0.1, 0.15) is 0 Å². The maximum Gasteiger partial charge on any atom is 0.252 e. The Bertz CT molecular complexity index is 7270. The SMILES string of the molecule is CC(C)(C)c1ccc(-c2cc(C(C)(C)C)cc(-c3cccc(C(C)(C)C)c3)c2N2c3cc(-n4c5ccccc5c5ccccc54)ccc3B3c4ccc(-n5c6ccc7cccc8c9cccc%10ccc5c(c%109)c6c78)cc4N(c4c(-c5ccc(C(C)(C)C)cc5)cc(C(C)(C)C)cc4-c4cccc(C(C)(C)C)c4)c4cc(-c5ccccc5)cc2c43)cc1. The van der Waals surface area contributed by atoms with E-state index in [1.807, 2.05) is 0 Å². The van der Waals surface area contributed by atoms with E-state index in [-0.39, 0.29) is 39.2 Å². The lowest BCUT2D eigenvalue weighted by atomic mass is 9.33. The van der Waals surface area contributed by atoms with Crippen molar-refractivity contribution in [3.05, 3.63) is 343 Å². The first-order valence-electron chi connectivity index (χ1n) is 43.6. The second-order valence-corrected chi connectivity index (χ2v) is 41.0. The van der Waals surface area contributed by atoms with Crippen LogP contribution in [-0.4, -0.2) is 15.8 Å². The zero-order chi connectivity index (χ0) is 83.6. The maximum absolute atomic E-state index is 2.80. The summed E-state index contributed by atoms with van der Waals surface area (Å²) in [7, 11) is 0. The number of anilines is 6. The molecule has 0 aliphatic carbocycles. The summed E-state index contributed by atoms with van der Waals surface area (Å²) in [5.74, 6) is 0. The molecule has 0 unspecified atom stereocenters. The molecule has 2 aromatic heterocycles. The van der Waals surface area contributed by atoms with Crippen LogP contribution in [0.5, 0.6) is 0 Å². The molecule has 17 aromatic carbocycles. The molecule has 2 aliphatic heterocycles. The Morgan fingerprint density at radius 3 is 0.975 bits per heavy atom. The van der Waals surface area contributed by atoms with Crippen molar-refractivity contribution in [2.75, 3.05) is 9.80 Å². The Kier molecular flexibility index (Phi) is 16.8. The summed E-state index contributed by atoms with van der Waals surface area (Å²) in [6.45, 7) is 42.2. The number of fused-ring (bicyclic) bond motifs is 8. The molecule has 0 bridgehead atoms. The average Bonchev–Trinajstić information content (AvgIpc) is 1.66. The van der Waals surface area contributed by atoms with Crippen LogP contribution in [-0.2, 0) is 32.5 Å². The van der Waals surface area contributed by atoms with Crippen molar-refractivity contribution >= 4 is 133 Å². The lowest BCUT2D eigenvalue weighted by Gasteiger charge is -2.46. The molecule has 0 radical (unpaired) electrons. The van der Waals surface area contributed by atoms with Crippen LogP contribution in [0.25, 0.3) is 143 Å². The fraction of sp³-hybridized carbons (Fsp3) is 0.207. The lowest BCUT2D eigenvalue weighted by molar-refractivity contribution is 0.589. The number of para-hydroxylation sites is 2. The zero-order valence-corrected chi connectivity index (χ0v) is 73.3. The van der Waals surface area contributed by atoms with Crippen molar-refractivity contribution in [3.8, 4) is 67.0 Å². The van der Waals surface area contributed by atoms with E-state index in [4.69, 9.17) is 0 Å². The first-order chi connectivity index (χ1) is 57.8. The van der Waals surface area contributed by atoms with E-state index in [0.29, 0.717) is 0 Å². The van der Waals surface area contributed by atoms with Gasteiger partial charge in [-0.2, -0.15) is 0 Å². The van der Waals surface area contributed by atoms with E-state index >= 15 is 0 Å². The molecule has 0 N–H and O–H groups in total. The van der Waals surface area contributed by atoms with Crippen LogP contribution in [0.3, 0.4) is 0 Å². The number of hydrogen-bond acceptors (Lipinski definition) is 2. The molecule has 21 rings (SSSR count). The van der Waals surface area contributed by atoms with Crippen LogP contribution >= 0.6 is 0 Å². The monoisotopic (exact) mass is 1560 g/mol. The molecule has 0 saturated carbocycles. The van der Waals surface area contributed by atoms with Gasteiger partial charge in [-0.1, -0.05) is 349 Å². The standard InChI is InChI=1S/C116H105BN4/c1-111(2,3)78-50-44-71(45-51-78)90-64-82(115(13,14)15)66-92(75-34-26-36-80(60-75)113(7,8)9)109(90)120-100-68-84(118-96-42-24-22-38-86(96)87-39-23-25-43-97(87)118)54-56-94(100)117-95-57-55-85(119-98-58-48-73-32-28-40-88-89-41-29-33-74-49-59-99(119)107(105(74)89)106(98)104(73)88)69-101(95)121(103-63-77(62-102(120)108(103)117)70-30-20-19-21-31-70)110-91(72-46-52-79(53-47-72)112(4,5)6)65-83(116(16,17)18)67-93(110)76-35-27-37-81(61-76)114(10,11)12/h19-69H,1-18H3. The second kappa shape index (κ2) is 26.9. The van der Waals surface area contributed by atoms with Gasteiger partial charge in [0, 0.05) is 77.9 Å². The Morgan fingerprint density at radius 2 is 0.570 bits per heavy atom. The van der Waals surface area contributed by atoms with E-state index in [2.05, 4.69) is 453 Å². The minimum absolute atomic E-state index is 0.0793. The average molecular weight is 1570 g/mol. The van der Waals surface area contributed by atoms with Crippen molar-refractivity contribution in [2.45, 2.75) is 157 Å². The quantitative estimate of drug-likeness (QED) is 0.0813. The molecule has 4 heterocycles. The van der Waals surface area contributed by atoms with Crippen molar-refractivity contribution < 1.29 is 0 Å². The lowest BCUT2D eigenvalue weighted by Crippen LogP contribution is -2.61. The molecule has 0 amide bonds. The molecule has 2 aliphatic rings. The number of nitrogens with zero attached hydrogens (tertiary/aromatic N) is 4. The van der Waals surface area contributed by atoms with Crippen molar-refractivity contribution in [2.24, 2.45) is 0 Å². The predicted molar refractivity (Wildman–Crippen MR) is 523 cm³/mol. The van der Waals surface area contributed by atoms with Crippen LogP contribution in [0.4, 0.5) is 34.1 Å². The third-order valence-electron chi connectivity index (χ3n) is 26.9. The summed E-state index contributed by atoms with van der Waals surface area (Å²) in [5, 5.41) is 12.8. The Balaban J connectivity index is 0.968. The summed E-state index contributed by atoms with van der Waals surface area (Å²) in [6, 6.07) is 122. The van der Waals surface area contributed by atoms with Gasteiger partial charge >= 0.3 is 0 Å². The molecule has 0 atom stereocenters. The summed E-state index contributed by atoms with van der Waals surface area (Å²) in [5.41, 5.74) is 35.7. The molecule has 0 spiro atoms. The van der Waals surface area contributed by atoms with Crippen LogP contribution in [0.15, 0.2) is 309 Å². The molecular formula is C116H105BN4. The second-order valence-electron chi connectivity index (χ2n) is 41.0. The van der Waals surface area contributed by atoms with Gasteiger partial charge in [0.15, 0.2) is 0 Å². The molecule has 121 heavy (non-hydrogen) atoms. The highest BCUT2D eigenvalue weighted by atomic mass is 15.2. The van der Waals surface area contributed by atoms with E-state index in [9.17, 15) is 0 Å². The summed E-state index contributed by atoms with van der Waals surface area (Å²) in [6.07, 6.45) is 0. The van der Waals surface area contributed by atoms with Gasteiger partial charge in [-0.15, -0.1) is 0 Å². The van der Waals surface area contributed by atoms with Gasteiger partial charge < -0.3 is 18.9 Å². The molecule has 0 fully saturated rings. The molecule has 4 nitrogen and oxygen atoms in total. The molecule has 19 aromatic rings. The molecule has 0 saturated heterocycles. The van der Waals surface area contributed by atoms with Gasteiger partial charge in [-0.25, -0.2) is 0 Å². The smallest absolute Gasteiger partial charge is 0.252 e. The fourth-order valence-corrected chi connectivity index (χ4v) is 20.3. The van der Waals surface area contributed by atoms with Gasteiger partial charge in [-0.3, -0.25) is 0 Å². The minimum atomic E-state index is -0.307. The summed E-state index contributed by atoms with van der Waals surface area (Å²) < 4.78 is 5.15. The normalized spacial score (nSPS) is 13.5. The van der Waals surface area contributed by atoms with Crippen molar-refractivity contribution in [1.82, 2.24) is 9.13 Å². The Morgan fingerprint density at radius 1 is 0.215 bits per heavy atom. The number of hydrogen-bond donors (Lipinski definition) is 0. The van der Waals surface area contributed by atoms with E-state index in [0.717, 1.165) is 67.8 Å². The minimum Gasteiger partial charge on any atom is -0.310 e. The Hall–Kier alpha value is -12.7. The Labute approximate surface area is 714 Å². The largest absolute Gasteiger partial charge is 0.310 e. The van der Waals surface area contributed by atoms with Gasteiger partial charge in [-0.05, 0) is 233 Å². The topological polar surface area (TPSA) is 16.3 Å².